The van der Waals surface area contributed by atoms with E-state index >= 15 is 0 Å². The maximum absolute atomic E-state index is 10.8. The Morgan fingerprint density at radius 2 is 1.75 bits per heavy atom. The molecule has 0 bridgehead atoms. The molecule has 1 aromatic rings. The number of rotatable bonds is 1. The van der Waals surface area contributed by atoms with Crippen molar-refractivity contribution in [3.8, 4) is 0 Å². The van der Waals surface area contributed by atoms with Gasteiger partial charge in [-0.25, -0.2) is 0 Å². The SMILES string of the molecule is O=C(Cl)c1c(Cl)ccc(Cl)c1Br. The van der Waals surface area contributed by atoms with E-state index in [-0.39, 0.29) is 10.6 Å². The van der Waals surface area contributed by atoms with Crippen molar-refractivity contribution in [2.75, 3.05) is 0 Å². The summed E-state index contributed by atoms with van der Waals surface area (Å²) in [5.41, 5.74) is 0.200. The van der Waals surface area contributed by atoms with Crippen LogP contribution in [0.2, 0.25) is 10.0 Å². The quantitative estimate of drug-likeness (QED) is 0.561. The molecule has 5 heteroatoms. The van der Waals surface area contributed by atoms with Crippen LogP contribution < -0.4 is 0 Å². The molecular formula is C7H2BrCl3O. The minimum atomic E-state index is -0.630. The normalized spacial score (nSPS) is 10.0. The fourth-order valence-electron chi connectivity index (χ4n) is 0.707. The first-order chi connectivity index (χ1) is 5.54. The lowest BCUT2D eigenvalue weighted by Gasteiger charge is -2.02. The average Bonchev–Trinajstić information content (AvgIpc) is 1.97. The maximum atomic E-state index is 10.8. The molecule has 0 aliphatic heterocycles. The van der Waals surface area contributed by atoms with E-state index in [0.29, 0.717) is 9.50 Å². The van der Waals surface area contributed by atoms with Gasteiger partial charge < -0.3 is 0 Å². The minimum absolute atomic E-state index is 0.200. The van der Waals surface area contributed by atoms with Gasteiger partial charge >= 0.3 is 0 Å². The lowest BCUT2D eigenvalue weighted by atomic mass is 10.2. The molecule has 0 saturated heterocycles. The van der Waals surface area contributed by atoms with Crippen molar-refractivity contribution in [3.63, 3.8) is 0 Å². The van der Waals surface area contributed by atoms with Crippen LogP contribution >= 0.6 is 50.7 Å². The van der Waals surface area contributed by atoms with Gasteiger partial charge in [-0.2, -0.15) is 0 Å². The highest BCUT2D eigenvalue weighted by Crippen LogP contribution is 2.32. The second-order valence-electron chi connectivity index (χ2n) is 1.99. The van der Waals surface area contributed by atoms with Crippen LogP contribution in [0.1, 0.15) is 10.4 Å². The van der Waals surface area contributed by atoms with Crippen LogP contribution in [-0.4, -0.2) is 5.24 Å². The van der Waals surface area contributed by atoms with Gasteiger partial charge in [-0.3, -0.25) is 4.79 Å². The molecule has 0 heterocycles. The summed E-state index contributed by atoms with van der Waals surface area (Å²) in [4.78, 5) is 10.8. The van der Waals surface area contributed by atoms with Crippen LogP contribution in [0.5, 0.6) is 0 Å². The largest absolute Gasteiger partial charge is 0.276 e. The van der Waals surface area contributed by atoms with E-state index in [1.165, 1.54) is 6.07 Å². The molecule has 1 rings (SSSR count). The molecule has 0 aliphatic carbocycles. The molecule has 0 aromatic heterocycles. The highest BCUT2D eigenvalue weighted by Gasteiger charge is 2.14. The second kappa shape index (κ2) is 3.97. The van der Waals surface area contributed by atoms with Crippen molar-refractivity contribution in [1.29, 1.82) is 0 Å². The van der Waals surface area contributed by atoms with Gasteiger partial charge in [-0.15, -0.1) is 0 Å². The molecule has 0 spiro atoms. The Bertz CT molecular complexity index is 338. The highest BCUT2D eigenvalue weighted by atomic mass is 79.9. The molecule has 0 fully saturated rings. The average molecular weight is 288 g/mol. The topological polar surface area (TPSA) is 17.1 Å². The van der Waals surface area contributed by atoms with Crippen LogP contribution in [-0.2, 0) is 0 Å². The van der Waals surface area contributed by atoms with Gasteiger partial charge in [-0.05, 0) is 39.7 Å². The van der Waals surface area contributed by atoms with E-state index in [2.05, 4.69) is 15.9 Å². The Balaban J connectivity index is 3.43. The zero-order valence-electron chi connectivity index (χ0n) is 5.57. The van der Waals surface area contributed by atoms with Gasteiger partial charge in [0.15, 0.2) is 0 Å². The number of halogens is 4. The van der Waals surface area contributed by atoms with Crippen LogP contribution in [0.4, 0.5) is 0 Å². The van der Waals surface area contributed by atoms with Gasteiger partial charge in [0.2, 0.25) is 0 Å². The first-order valence-electron chi connectivity index (χ1n) is 2.87. The van der Waals surface area contributed by atoms with E-state index in [0.717, 1.165) is 0 Å². The maximum Gasteiger partial charge on any atom is 0.255 e. The molecule has 0 aliphatic rings. The van der Waals surface area contributed by atoms with Crippen LogP contribution in [0, 0.1) is 0 Å². The molecule has 0 amide bonds. The highest BCUT2D eigenvalue weighted by molar-refractivity contribution is 9.10. The van der Waals surface area contributed by atoms with Gasteiger partial charge in [0.1, 0.15) is 0 Å². The van der Waals surface area contributed by atoms with Gasteiger partial charge in [0.05, 0.1) is 15.6 Å². The summed E-state index contributed by atoms with van der Waals surface area (Å²) in [7, 11) is 0. The lowest BCUT2D eigenvalue weighted by molar-refractivity contribution is 0.108. The molecule has 12 heavy (non-hydrogen) atoms. The Hall–Kier alpha value is 0.240. The first-order valence-corrected chi connectivity index (χ1v) is 4.80. The van der Waals surface area contributed by atoms with E-state index in [1.807, 2.05) is 0 Å². The summed E-state index contributed by atoms with van der Waals surface area (Å²) in [6.45, 7) is 0. The van der Waals surface area contributed by atoms with Crippen molar-refractivity contribution in [2.24, 2.45) is 0 Å². The number of carbonyl (C=O) groups is 1. The minimum Gasteiger partial charge on any atom is -0.276 e. The summed E-state index contributed by atoms with van der Waals surface area (Å²) in [6.07, 6.45) is 0. The summed E-state index contributed by atoms with van der Waals surface area (Å²) < 4.78 is 0.427. The Kier molecular flexibility index (Phi) is 3.41. The van der Waals surface area contributed by atoms with Crippen molar-refractivity contribution in [1.82, 2.24) is 0 Å². The molecule has 0 unspecified atom stereocenters. The zero-order chi connectivity index (χ0) is 9.30. The van der Waals surface area contributed by atoms with E-state index in [9.17, 15) is 4.79 Å². The van der Waals surface area contributed by atoms with Gasteiger partial charge in [0, 0.05) is 4.47 Å². The van der Waals surface area contributed by atoms with Crippen molar-refractivity contribution in [2.45, 2.75) is 0 Å². The monoisotopic (exact) mass is 286 g/mol. The van der Waals surface area contributed by atoms with Crippen LogP contribution in [0.15, 0.2) is 16.6 Å². The molecule has 0 saturated carbocycles. The fourth-order valence-corrected chi connectivity index (χ4v) is 2.11. The number of hydrogen-bond donors (Lipinski definition) is 0. The third-order valence-corrected chi connectivity index (χ3v) is 3.11. The predicted octanol–water partition coefficient (Wildman–Crippen LogP) is 4.13. The Morgan fingerprint density at radius 3 is 2.17 bits per heavy atom. The third-order valence-electron chi connectivity index (χ3n) is 1.24. The van der Waals surface area contributed by atoms with E-state index < -0.39 is 5.24 Å². The second-order valence-corrected chi connectivity index (χ2v) is 3.94. The van der Waals surface area contributed by atoms with E-state index in [1.54, 1.807) is 6.07 Å². The fraction of sp³-hybridized carbons (Fsp3) is 0. The molecule has 64 valence electrons. The van der Waals surface area contributed by atoms with Crippen molar-refractivity contribution in [3.05, 3.63) is 32.2 Å². The Morgan fingerprint density at radius 1 is 1.25 bits per heavy atom. The summed E-state index contributed by atoms with van der Waals surface area (Å²) in [5.74, 6) is 0. The lowest BCUT2D eigenvalue weighted by Crippen LogP contribution is -1.92. The molecule has 0 radical (unpaired) electrons. The zero-order valence-corrected chi connectivity index (χ0v) is 9.43. The predicted molar refractivity (Wildman–Crippen MR) is 54.3 cm³/mol. The summed E-state index contributed by atoms with van der Waals surface area (Å²) >= 11 is 19.8. The Labute approximate surface area is 92.7 Å². The third kappa shape index (κ3) is 1.94. The number of hydrogen-bond acceptors (Lipinski definition) is 1. The van der Waals surface area contributed by atoms with Gasteiger partial charge in [0.25, 0.3) is 5.24 Å². The molecule has 0 atom stereocenters. The van der Waals surface area contributed by atoms with Crippen LogP contribution in [0.3, 0.4) is 0 Å². The number of carbonyl (C=O) groups excluding carboxylic acids is 1. The van der Waals surface area contributed by atoms with Crippen LogP contribution in [0.25, 0.3) is 0 Å². The smallest absolute Gasteiger partial charge is 0.255 e. The first kappa shape index (κ1) is 10.3. The van der Waals surface area contributed by atoms with Gasteiger partial charge in [-0.1, -0.05) is 23.2 Å². The van der Waals surface area contributed by atoms with Crippen molar-refractivity contribution >= 4 is 56.0 Å². The standard InChI is InChI=1S/C7H2BrCl3O/c8-6-4(10)2-1-3(9)5(6)7(11)12/h1-2H. The summed E-state index contributed by atoms with van der Waals surface area (Å²) in [5, 5.41) is 0.0593. The molecule has 1 aromatic carbocycles. The van der Waals surface area contributed by atoms with Crippen molar-refractivity contribution < 1.29 is 4.79 Å². The molecule has 0 N–H and O–H groups in total. The molecule has 1 nitrogen and oxygen atoms in total. The molecular weight excluding hydrogens is 286 g/mol. The number of benzene rings is 1. The van der Waals surface area contributed by atoms with E-state index in [4.69, 9.17) is 34.8 Å². The summed E-state index contributed by atoms with van der Waals surface area (Å²) in [6, 6.07) is 3.10.